The van der Waals surface area contributed by atoms with Crippen LogP contribution in [0.25, 0.3) is 0 Å². The first-order valence-corrected chi connectivity index (χ1v) is 3.97. The van der Waals surface area contributed by atoms with Gasteiger partial charge in [-0.3, -0.25) is 4.79 Å². The molecule has 0 spiro atoms. The van der Waals surface area contributed by atoms with Gasteiger partial charge in [-0.1, -0.05) is 12.2 Å². The zero-order chi connectivity index (χ0) is 9.84. The summed E-state index contributed by atoms with van der Waals surface area (Å²) in [6.07, 6.45) is 2.72. The third-order valence-corrected chi connectivity index (χ3v) is 1.97. The molecule has 1 amide bonds. The van der Waals surface area contributed by atoms with E-state index in [0.29, 0.717) is 6.42 Å². The molecule has 1 aliphatic rings. The molecule has 0 fully saturated rings. The van der Waals surface area contributed by atoms with Gasteiger partial charge in [0, 0.05) is 13.1 Å². The largest absolute Gasteiger partial charge is 0.481 e. The molecule has 13 heavy (non-hydrogen) atoms. The van der Waals surface area contributed by atoms with Gasteiger partial charge in [0.15, 0.2) is 0 Å². The van der Waals surface area contributed by atoms with Gasteiger partial charge < -0.3 is 15.1 Å². The SMILES string of the molecule is O=C(O)C1CC=CCN(C(=O)O)C1. The van der Waals surface area contributed by atoms with Crippen LogP contribution in [-0.2, 0) is 4.79 Å². The Kier molecular flexibility index (Phi) is 2.89. The fourth-order valence-electron chi connectivity index (χ4n) is 1.21. The standard InChI is InChI=1S/C8H11NO4/c10-7(11)6-3-1-2-4-9(5-6)8(12)13/h1-2,6H,3-5H2,(H,10,11)(H,12,13). The van der Waals surface area contributed by atoms with E-state index in [1.807, 2.05) is 0 Å². The molecular weight excluding hydrogens is 174 g/mol. The molecule has 2 N–H and O–H groups in total. The van der Waals surface area contributed by atoms with Crippen LogP contribution in [0, 0.1) is 5.92 Å². The maximum atomic E-state index is 10.6. The van der Waals surface area contributed by atoms with Crippen LogP contribution in [0.4, 0.5) is 4.79 Å². The third-order valence-electron chi connectivity index (χ3n) is 1.97. The lowest BCUT2D eigenvalue weighted by Gasteiger charge is -2.18. The molecule has 1 atom stereocenters. The molecule has 0 saturated heterocycles. The Labute approximate surface area is 75.3 Å². The van der Waals surface area contributed by atoms with Gasteiger partial charge in [-0.05, 0) is 6.42 Å². The second-order valence-corrected chi connectivity index (χ2v) is 2.93. The van der Waals surface area contributed by atoms with E-state index in [0.717, 1.165) is 4.90 Å². The summed E-state index contributed by atoms with van der Waals surface area (Å²) in [6.45, 7) is 0.344. The van der Waals surface area contributed by atoms with E-state index in [1.165, 1.54) is 0 Å². The van der Waals surface area contributed by atoms with Crippen molar-refractivity contribution in [1.29, 1.82) is 0 Å². The number of carboxylic acid groups (broad SMARTS) is 2. The summed E-state index contributed by atoms with van der Waals surface area (Å²) in [6, 6.07) is 0. The van der Waals surface area contributed by atoms with Crippen molar-refractivity contribution in [3.05, 3.63) is 12.2 Å². The second kappa shape index (κ2) is 3.93. The Morgan fingerprint density at radius 1 is 1.31 bits per heavy atom. The van der Waals surface area contributed by atoms with Gasteiger partial charge in [0.25, 0.3) is 0 Å². The Morgan fingerprint density at radius 3 is 2.54 bits per heavy atom. The van der Waals surface area contributed by atoms with Crippen LogP contribution < -0.4 is 0 Å². The van der Waals surface area contributed by atoms with Crippen molar-refractivity contribution in [2.75, 3.05) is 13.1 Å². The highest BCUT2D eigenvalue weighted by Gasteiger charge is 2.23. The average Bonchev–Trinajstić information content (AvgIpc) is 2.28. The highest BCUT2D eigenvalue weighted by atomic mass is 16.4. The lowest BCUT2D eigenvalue weighted by molar-refractivity contribution is -0.141. The van der Waals surface area contributed by atoms with Crippen LogP contribution in [0.3, 0.4) is 0 Å². The van der Waals surface area contributed by atoms with E-state index in [2.05, 4.69) is 0 Å². The molecule has 1 rings (SSSR count). The lowest BCUT2D eigenvalue weighted by Crippen LogP contribution is -2.35. The Balaban J connectivity index is 2.66. The van der Waals surface area contributed by atoms with Crippen LogP contribution in [0.2, 0.25) is 0 Å². The second-order valence-electron chi connectivity index (χ2n) is 2.93. The monoisotopic (exact) mass is 185 g/mol. The number of hydrogen-bond donors (Lipinski definition) is 2. The molecule has 0 aromatic heterocycles. The minimum atomic E-state index is -1.07. The number of nitrogens with zero attached hydrogens (tertiary/aromatic N) is 1. The van der Waals surface area contributed by atoms with Crippen molar-refractivity contribution in [2.24, 2.45) is 5.92 Å². The van der Waals surface area contributed by atoms with Crippen LogP contribution in [0.15, 0.2) is 12.2 Å². The maximum Gasteiger partial charge on any atom is 0.407 e. The molecule has 0 saturated carbocycles. The van der Waals surface area contributed by atoms with Gasteiger partial charge in [-0.2, -0.15) is 0 Å². The van der Waals surface area contributed by atoms with E-state index < -0.39 is 18.0 Å². The number of allylic oxidation sites excluding steroid dienone is 1. The van der Waals surface area contributed by atoms with E-state index in [9.17, 15) is 9.59 Å². The molecule has 0 aromatic rings. The summed E-state index contributed by atoms with van der Waals surface area (Å²) in [4.78, 5) is 22.3. The predicted octanol–water partition coefficient (Wildman–Crippen LogP) is 0.627. The lowest BCUT2D eigenvalue weighted by atomic mass is 10.1. The minimum Gasteiger partial charge on any atom is -0.481 e. The number of rotatable bonds is 1. The summed E-state index contributed by atoms with van der Waals surface area (Å²) < 4.78 is 0. The van der Waals surface area contributed by atoms with Gasteiger partial charge in [0.2, 0.25) is 0 Å². The van der Waals surface area contributed by atoms with Gasteiger partial charge >= 0.3 is 12.1 Å². The minimum absolute atomic E-state index is 0.0671. The van der Waals surface area contributed by atoms with Crippen molar-refractivity contribution in [2.45, 2.75) is 6.42 Å². The van der Waals surface area contributed by atoms with Crippen molar-refractivity contribution in [3.63, 3.8) is 0 Å². The smallest absolute Gasteiger partial charge is 0.407 e. The summed E-state index contributed by atoms with van der Waals surface area (Å²) >= 11 is 0. The summed E-state index contributed by atoms with van der Waals surface area (Å²) in [5.74, 6) is -1.56. The summed E-state index contributed by atoms with van der Waals surface area (Å²) in [5.41, 5.74) is 0. The van der Waals surface area contributed by atoms with Crippen molar-refractivity contribution < 1.29 is 19.8 Å². The third kappa shape index (κ3) is 2.47. The van der Waals surface area contributed by atoms with Crippen molar-refractivity contribution in [3.8, 4) is 0 Å². The summed E-state index contributed by atoms with van der Waals surface area (Å²) in [5, 5.41) is 17.4. The number of aliphatic carboxylic acids is 1. The normalized spacial score (nSPS) is 22.5. The first-order valence-electron chi connectivity index (χ1n) is 3.97. The van der Waals surface area contributed by atoms with E-state index >= 15 is 0 Å². The first kappa shape index (κ1) is 9.57. The number of hydrogen-bond acceptors (Lipinski definition) is 2. The molecule has 0 bridgehead atoms. The number of carbonyl (C=O) groups is 2. The van der Waals surface area contributed by atoms with Gasteiger partial charge in [-0.25, -0.2) is 4.79 Å². The molecule has 1 heterocycles. The fraction of sp³-hybridized carbons (Fsp3) is 0.500. The van der Waals surface area contributed by atoms with Crippen LogP contribution in [-0.4, -0.2) is 40.3 Å². The first-order chi connectivity index (χ1) is 6.11. The molecule has 0 aliphatic carbocycles. The zero-order valence-electron chi connectivity index (χ0n) is 7.01. The topological polar surface area (TPSA) is 77.8 Å². The Morgan fingerprint density at radius 2 is 2.00 bits per heavy atom. The van der Waals surface area contributed by atoms with E-state index in [1.54, 1.807) is 12.2 Å². The average molecular weight is 185 g/mol. The van der Waals surface area contributed by atoms with Crippen LogP contribution >= 0.6 is 0 Å². The Hall–Kier alpha value is -1.52. The van der Waals surface area contributed by atoms with Gasteiger partial charge in [0.1, 0.15) is 0 Å². The summed E-state index contributed by atoms with van der Waals surface area (Å²) in [7, 11) is 0. The molecule has 1 aliphatic heterocycles. The number of amides is 1. The van der Waals surface area contributed by atoms with E-state index in [-0.39, 0.29) is 13.1 Å². The van der Waals surface area contributed by atoms with Crippen LogP contribution in [0.5, 0.6) is 0 Å². The molecule has 5 heteroatoms. The quantitative estimate of drug-likeness (QED) is 0.587. The molecule has 1 unspecified atom stereocenters. The molecule has 0 radical (unpaired) electrons. The molecule has 0 aromatic carbocycles. The number of carboxylic acids is 1. The van der Waals surface area contributed by atoms with Crippen LogP contribution in [0.1, 0.15) is 6.42 Å². The highest BCUT2D eigenvalue weighted by molar-refractivity contribution is 5.72. The zero-order valence-corrected chi connectivity index (χ0v) is 7.01. The van der Waals surface area contributed by atoms with E-state index in [4.69, 9.17) is 10.2 Å². The van der Waals surface area contributed by atoms with Crippen molar-refractivity contribution >= 4 is 12.1 Å². The molecule has 72 valence electrons. The maximum absolute atomic E-state index is 10.6. The van der Waals surface area contributed by atoms with Crippen molar-refractivity contribution in [1.82, 2.24) is 4.90 Å². The van der Waals surface area contributed by atoms with Gasteiger partial charge in [-0.15, -0.1) is 0 Å². The Bertz CT molecular complexity index is 225. The molecular formula is C8H11NO4. The highest BCUT2D eigenvalue weighted by Crippen LogP contribution is 2.11. The fourth-order valence-corrected chi connectivity index (χ4v) is 1.21. The molecule has 5 nitrogen and oxygen atoms in total. The predicted molar refractivity (Wildman–Crippen MR) is 44.5 cm³/mol. The van der Waals surface area contributed by atoms with Gasteiger partial charge in [0.05, 0.1) is 5.92 Å².